The largest absolute Gasteiger partial charge is 0.352 e. The molecule has 0 saturated heterocycles. The predicted molar refractivity (Wildman–Crippen MR) is 117 cm³/mol. The summed E-state index contributed by atoms with van der Waals surface area (Å²) in [6, 6.07) is 17.1. The molecule has 5 heteroatoms. The molecule has 2 amide bonds. The van der Waals surface area contributed by atoms with Gasteiger partial charge in [-0.15, -0.1) is 0 Å². The summed E-state index contributed by atoms with van der Waals surface area (Å²) >= 11 is 6.33. The zero-order valence-electron chi connectivity index (χ0n) is 16.9. The molecule has 29 heavy (non-hydrogen) atoms. The van der Waals surface area contributed by atoms with Crippen molar-refractivity contribution in [1.29, 1.82) is 0 Å². The van der Waals surface area contributed by atoms with Crippen molar-refractivity contribution in [2.75, 3.05) is 0 Å². The Hall–Kier alpha value is -2.33. The van der Waals surface area contributed by atoms with E-state index < -0.39 is 6.04 Å². The average molecular weight is 413 g/mol. The van der Waals surface area contributed by atoms with Gasteiger partial charge in [-0.3, -0.25) is 9.59 Å². The Labute approximate surface area is 178 Å². The summed E-state index contributed by atoms with van der Waals surface area (Å²) in [6.07, 6.45) is 5.35. The summed E-state index contributed by atoms with van der Waals surface area (Å²) in [5, 5.41) is 3.73. The second-order valence-corrected chi connectivity index (χ2v) is 8.17. The van der Waals surface area contributed by atoms with Crippen LogP contribution in [0.15, 0.2) is 54.6 Å². The molecular formula is C24H29ClN2O2. The number of hydrogen-bond donors (Lipinski definition) is 1. The standard InChI is InChI=1S/C24H29ClN2O2/c1-18(24(29)26-21-12-6-7-13-21)27(17-20-11-5-8-14-22(20)25)23(28)16-15-19-9-3-2-4-10-19/h2-5,8-11,14,18,21H,6-7,12-13,15-17H2,1H3,(H,26,29)/t18-/m1/s1. The second-order valence-electron chi connectivity index (χ2n) is 7.76. The monoisotopic (exact) mass is 412 g/mol. The first-order valence-electron chi connectivity index (χ1n) is 10.4. The van der Waals surface area contributed by atoms with E-state index >= 15 is 0 Å². The molecule has 0 radical (unpaired) electrons. The number of aryl methyl sites for hydroxylation is 1. The number of nitrogens with one attached hydrogen (secondary N) is 1. The van der Waals surface area contributed by atoms with Crippen LogP contribution in [0.5, 0.6) is 0 Å². The molecule has 1 N–H and O–H groups in total. The van der Waals surface area contributed by atoms with E-state index in [0.717, 1.165) is 36.8 Å². The normalized spacial score (nSPS) is 15.1. The van der Waals surface area contributed by atoms with Crippen LogP contribution >= 0.6 is 11.6 Å². The average Bonchev–Trinajstić information content (AvgIpc) is 3.24. The van der Waals surface area contributed by atoms with E-state index in [1.54, 1.807) is 4.90 Å². The van der Waals surface area contributed by atoms with Gasteiger partial charge in [-0.25, -0.2) is 0 Å². The molecular weight excluding hydrogens is 384 g/mol. The third-order valence-corrected chi connectivity index (χ3v) is 6.01. The van der Waals surface area contributed by atoms with Crippen molar-refractivity contribution >= 4 is 23.4 Å². The van der Waals surface area contributed by atoms with Gasteiger partial charge < -0.3 is 10.2 Å². The number of carbonyl (C=O) groups is 2. The molecule has 0 heterocycles. The lowest BCUT2D eigenvalue weighted by molar-refractivity contribution is -0.140. The number of halogens is 1. The fourth-order valence-corrected chi connectivity index (χ4v) is 4.02. The van der Waals surface area contributed by atoms with Crippen LogP contribution < -0.4 is 5.32 Å². The summed E-state index contributed by atoms with van der Waals surface area (Å²) in [7, 11) is 0. The van der Waals surface area contributed by atoms with Crippen molar-refractivity contribution in [2.24, 2.45) is 0 Å². The summed E-state index contributed by atoms with van der Waals surface area (Å²) in [5.74, 6) is -0.125. The molecule has 2 aromatic carbocycles. The fraction of sp³-hybridized carbons (Fsp3) is 0.417. The minimum absolute atomic E-state index is 0.0390. The van der Waals surface area contributed by atoms with Gasteiger partial charge in [0.1, 0.15) is 6.04 Å². The van der Waals surface area contributed by atoms with Gasteiger partial charge in [0.2, 0.25) is 11.8 Å². The van der Waals surface area contributed by atoms with E-state index in [1.807, 2.05) is 61.5 Å². The highest BCUT2D eigenvalue weighted by Crippen LogP contribution is 2.21. The maximum Gasteiger partial charge on any atom is 0.242 e. The molecule has 1 aliphatic carbocycles. The molecule has 154 valence electrons. The SMILES string of the molecule is C[C@H](C(=O)NC1CCCC1)N(Cc1ccccc1Cl)C(=O)CCc1ccccc1. The van der Waals surface area contributed by atoms with E-state index in [0.29, 0.717) is 24.4 Å². The summed E-state index contributed by atoms with van der Waals surface area (Å²) in [4.78, 5) is 27.6. The van der Waals surface area contributed by atoms with Crippen molar-refractivity contribution in [3.63, 3.8) is 0 Å². The molecule has 4 nitrogen and oxygen atoms in total. The predicted octanol–water partition coefficient (Wildman–Crippen LogP) is 4.75. The Bertz CT molecular complexity index is 819. The van der Waals surface area contributed by atoms with Crippen LogP contribution in [0.3, 0.4) is 0 Å². The Morgan fingerprint density at radius 3 is 2.41 bits per heavy atom. The van der Waals surface area contributed by atoms with Crippen molar-refractivity contribution in [2.45, 2.75) is 64.1 Å². The molecule has 2 aromatic rings. The molecule has 0 unspecified atom stereocenters. The van der Waals surface area contributed by atoms with Crippen molar-refractivity contribution in [3.8, 4) is 0 Å². The molecule has 0 bridgehead atoms. The van der Waals surface area contributed by atoms with Crippen LogP contribution in [0.25, 0.3) is 0 Å². The lowest BCUT2D eigenvalue weighted by atomic mass is 10.1. The van der Waals surface area contributed by atoms with E-state index in [9.17, 15) is 9.59 Å². The van der Waals surface area contributed by atoms with Gasteiger partial charge in [0, 0.05) is 24.0 Å². The van der Waals surface area contributed by atoms with Gasteiger partial charge in [0.15, 0.2) is 0 Å². The highest BCUT2D eigenvalue weighted by atomic mass is 35.5. The number of nitrogens with zero attached hydrogens (tertiary/aromatic N) is 1. The highest BCUT2D eigenvalue weighted by Gasteiger charge is 2.28. The Morgan fingerprint density at radius 1 is 1.07 bits per heavy atom. The van der Waals surface area contributed by atoms with Crippen LogP contribution in [0.4, 0.5) is 0 Å². The molecule has 1 aliphatic rings. The Morgan fingerprint density at radius 2 is 1.72 bits per heavy atom. The van der Waals surface area contributed by atoms with Crippen LogP contribution in [-0.2, 0) is 22.6 Å². The fourth-order valence-electron chi connectivity index (χ4n) is 3.82. The molecule has 0 aliphatic heterocycles. The van der Waals surface area contributed by atoms with Crippen LogP contribution in [0, 0.1) is 0 Å². The van der Waals surface area contributed by atoms with Crippen molar-refractivity contribution in [1.82, 2.24) is 10.2 Å². The number of rotatable bonds is 8. The van der Waals surface area contributed by atoms with E-state index in [2.05, 4.69) is 5.32 Å². The first-order chi connectivity index (χ1) is 14.0. The van der Waals surface area contributed by atoms with Crippen LogP contribution in [-0.4, -0.2) is 28.8 Å². The van der Waals surface area contributed by atoms with E-state index in [-0.39, 0.29) is 17.9 Å². The molecule has 1 atom stereocenters. The smallest absolute Gasteiger partial charge is 0.242 e. The quantitative estimate of drug-likeness (QED) is 0.680. The van der Waals surface area contributed by atoms with Gasteiger partial charge >= 0.3 is 0 Å². The minimum Gasteiger partial charge on any atom is -0.352 e. The number of hydrogen-bond acceptors (Lipinski definition) is 2. The van der Waals surface area contributed by atoms with Gasteiger partial charge in [-0.05, 0) is 43.4 Å². The first kappa shape index (κ1) is 21.4. The minimum atomic E-state index is -0.546. The Balaban J connectivity index is 1.71. The lowest BCUT2D eigenvalue weighted by Crippen LogP contribution is -2.49. The van der Waals surface area contributed by atoms with Crippen molar-refractivity contribution < 1.29 is 9.59 Å². The molecule has 3 rings (SSSR count). The number of amides is 2. The Kier molecular flexibility index (Phi) is 7.70. The maximum atomic E-state index is 13.1. The van der Waals surface area contributed by atoms with Gasteiger partial charge in [-0.2, -0.15) is 0 Å². The van der Waals surface area contributed by atoms with Crippen LogP contribution in [0.1, 0.15) is 50.2 Å². The maximum absolute atomic E-state index is 13.1. The topological polar surface area (TPSA) is 49.4 Å². The zero-order chi connectivity index (χ0) is 20.6. The third kappa shape index (κ3) is 6.07. The number of carbonyl (C=O) groups excluding carboxylic acids is 2. The number of benzene rings is 2. The van der Waals surface area contributed by atoms with E-state index in [1.165, 1.54) is 0 Å². The van der Waals surface area contributed by atoms with Crippen LogP contribution in [0.2, 0.25) is 5.02 Å². The summed E-state index contributed by atoms with van der Waals surface area (Å²) < 4.78 is 0. The second kappa shape index (κ2) is 10.4. The summed E-state index contributed by atoms with van der Waals surface area (Å²) in [6.45, 7) is 2.13. The van der Waals surface area contributed by atoms with Crippen molar-refractivity contribution in [3.05, 3.63) is 70.7 Å². The van der Waals surface area contributed by atoms with Gasteiger partial charge in [0.25, 0.3) is 0 Å². The highest BCUT2D eigenvalue weighted by molar-refractivity contribution is 6.31. The first-order valence-corrected chi connectivity index (χ1v) is 10.8. The van der Waals surface area contributed by atoms with Gasteiger partial charge in [-0.1, -0.05) is 73.0 Å². The molecule has 0 spiro atoms. The molecule has 1 fully saturated rings. The van der Waals surface area contributed by atoms with E-state index in [4.69, 9.17) is 11.6 Å². The summed E-state index contributed by atoms with van der Waals surface area (Å²) in [5.41, 5.74) is 1.96. The lowest BCUT2D eigenvalue weighted by Gasteiger charge is -2.30. The molecule has 1 saturated carbocycles. The molecule has 0 aromatic heterocycles. The third-order valence-electron chi connectivity index (χ3n) is 5.64. The zero-order valence-corrected chi connectivity index (χ0v) is 17.7. The van der Waals surface area contributed by atoms with Gasteiger partial charge in [0.05, 0.1) is 0 Å².